The van der Waals surface area contributed by atoms with Crippen LogP contribution in [0.3, 0.4) is 0 Å². The summed E-state index contributed by atoms with van der Waals surface area (Å²) in [5.74, 6) is 1.53. The van der Waals surface area contributed by atoms with Crippen molar-refractivity contribution in [2.45, 2.75) is 6.61 Å². The van der Waals surface area contributed by atoms with E-state index in [4.69, 9.17) is 14.3 Å². The lowest BCUT2D eigenvalue weighted by Gasteiger charge is -2.01. The van der Waals surface area contributed by atoms with Crippen LogP contribution in [0.25, 0.3) is 6.08 Å². The number of allylic oxidation sites excluding steroid dienone is 1. The molecule has 106 valence electrons. The number of rotatable bonds is 5. The van der Waals surface area contributed by atoms with E-state index in [0.717, 1.165) is 22.6 Å². The minimum atomic E-state index is 0.280. The van der Waals surface area contributed by atoms with E-state index in [1.807, 2.05) is 60.7 Å². The SMILES string of the molecule is C(=Cc1ccccc1)C=NOCc1ccc2c(c1)OCO2. The Bertz CT molecular complexity index is 650. The van der Waals surface area contributed by atoms with Crippen molar-refractivity contribution >= 4 is 12.3 Å². The maximum atomic E-state index is 5.31. The van der Waals surface area contributed by atoms with Crippen LogP contribution < -0.4 is 9.47 Å². The molecule has 0 radical (unpaired) electrons. The highest BCUT2D eigenvalue weighted by atomic mass is 16.7. The minimum absolute atomic E-state index is 0.280. The van der Waals surface area contributed by atoms with E-state index < -0.39 is 0 Å². The fraction of sp³-hybridized carbons (Fsp3) is 0.118. The van der Waals surface area contributed by atoms with E-state index in [1.54, 1.807) is 6.21 Å². The Morgan fingerprint density at radius 1 is 1.05 bits per heavy atom. The van der Waals surface area contributed by atoms with Crippen LogP contribution in [0.5, 0.6) is 11.5 Å². The summed E-state index contributed by atoms with van der Waals surface area (Å²) in [6.45, 7) is 0.675. The summed E-state index contributed by atoms with van der Waals surface area (Å²) in [5, 5.41) is 3.89. The molecule has 21 heavy (non-hydrogen) atoms. The molecule has 1 aliphatic rings. The van der Waals surface area contributed by atoms with Crippen molar-refractivity contribution in [2.24, 2.45) is 5.16 Å². The zero-order chi connectivity index (χ0) is 14.3. The smallest absolute Gasteiger partial charge is 0.231 e. The molecule has 2 aromatic rings. The van der Waals surface area contributed by atoms with Crippen molar-refractivity contribution in [3.63, 3.8) is 0 Å². The standard InChI is InChI=1S/C17H15NO3/c1-2-5-14(6-3-1)7-4-10-18-21-12-15-8-9-16-17(11-15)20-13-19-16/h1-11H,12-13H2. The van der Waals surface area contributed by atoms with Gasteiger partial charge in [0.05, 0.1) is 6.21 Å². The molecular formula is C17H15NO3. The molecule has 0 saturated heterocycles. The van der Waals surface area contributed by atoms with Gasteiger partial charge in [-0.3, -0.25) is 0 Å². The van der Waals surface area contributed by atoms with E-state index >= 15 is 0 Å². The Morgan fingerprint density at radius 2 is 1.90 bits per heavy atom. The molecule has 0 amide bonds. The summed E-state index contributed by atoms with van der Waals surface area (Å²) in [5.41, 5.74) is 2.11. The molecule has 1 heterocycles. The van der Waals surface area contributed by atoms with Gasteiger partial charge in [0.1, 0.15) is 6.61 Å². The number of oxime groups is 1. The summed E-state index contributed by atoms with van der Waals surface area (Å²) in [6, 6.07) is 15.7. The summed E-state index contributed by atoms with van der Waals surface area (Å²) >= 11 is 0. The predicted molar refractivity (Wildman–Crippen MR) is 81.3 cm³/mol. The van der Waals surface area contributed by atoms with Crippen LogP contribution in [0.4, 0.5) is 0 Å². The molecule has 4 nitrogen and oxygen atoms in total. The van der Waals surface area contributed by atoms with E-state index in [0.29, 0.717) is 6.61 Å². The molecule has 0 aromatic heterocycles. The highest BCUT2D eigenvalue weighted by molar-refractivity contribution is 5.77. The second-order valence-corrected chi connectivity index (χ2v) is 4.49. The first-order chi connectivity index (χ1) is 10.4. The monoisotopic (exact) mass is 281 g/mol. The summed E-state index contributed by atoms with van der Waals surface area (Å²) in [7, 11) is 0. The lowest BCUT2D eigenvalue weighted by atomic mass is 10.2. The first-order valence-electron chi connectivity index (χ1n) is 6.67. The third-order valence-corrected chi connectivity index (χ3v) is 2.98. The van der Waals surface area contributed by atoms with Gasteiger partial charge in [-0.05, 0) is 29.3 Å². The molecule has 4 heteroatoms. The minimum Gasteiger partial charge on any atom is -0.454 e. The summed E-state index contributed by atoms with van der Waals surface area (Å²) < 4.78 is 10.6. The highest BCUT2D eigenvalue weighted by Gasteiger charge is 2.12. The second-order valence-electron chi connectivity index (χ2n) is 4.49. The van der Waals surface area contributed by atoms with Gasteiger partial charge in [-0.1, -0.05) is 47.6 Å². The number of nitrogens with zero attached hydrogens (tertiary/aromatic N) is 1. The number of benzene rings is 2. The Balaban J connectivity index is 1.48. The quantitative estimate of drug-likeness (QED) is 0.620. The van der Waals surface area contributed by atoms with Gasteiger partial charge in [0.2, 0.25) is 6.79 Å². The average molecular weight is 281 g/mol. The normalized spacial score (nSPS) is 13.1. The molecule has 3 rings (SSSR count). The fourth-order valence-electron chi connectivity index (χ4n) is 1.94. The molecule has 0 N–H and O–H groups in total. The third kappa shape index (κ3) is 3.63. The zero-order valence-electron chi connectivity index (χ0n) is 11.4. The van der Waals surface area contributed by atoms with Gasteiger partial charge in [-0.15, -0.1) is 0 Å². The molecule has 0 bridgehead atoms. The van der Waals surface area contributed by atoms with Crippen LogP contribution in [0, 0.1) is 0 Å². The van der Waals surface area contributed by atoms with Crippen molar-refractivity contribution in [3.05, 3.63) is 65.7 Å². The zero-order valence-corrected chi connectivity index (χ0v) is 11.4. The molecule has 0 spiro atoms. The summed E-state index contributed by atoms with van der Waals surface area (Å²) in [6.07, 6.45) is 5.43. The van der Waals surface area contributed by atoms with E-state index in [9.17, 15) is 0 Å². The van der Waals surface area contributed by atoms with Crippen LogP contribution >= 0.6 is 0 Å². The van der Waals surface area contributed by atoms with E-state index in [2.05, 4.69) is 5.16 Å². The lowest BCUT2D eigenvalue weighted by Crippen LogP contribution is -1.93. The molecule has 0 atom stereocenters. The van der Waals surface area contributed by atoms with Crippen LogP contribution in [0.2, 0.25) is 0 Å². The highest BCUT2D eigenvalue weighted by Crippen LogP contribution is 2.32. The van der Waals surface area contributed by atoms with E-state index in [1.165, 1.54) is 0 Å². The summed E-state index contributed by atoms with van der Waals surface area (Å²) in [4.78, 5) is 5.24. The van der Waals surface area contributed by atoms with Crippen LogP contribution in [-0.2, 0) is 11.4 Å². The van der Waals surface area contributed by atoms with Crippen molar-refractivity contribution in [1.82, 2.24) is 0 Å². The van der Waals surface area contributed by atoms with Crippen molar-refractivity contribution in [1.29, 1.82) is 0 Å². The van der Waals surface area contributed by atoms with Gasteiger partial charge in [0.25, 0.3) is 0 Å². The maximum Gasteiger partial charge on any atom is 0.231 e. The van der Waals surface area contributed by atoms with Crippen LogP contribution in [-0.4, -0.2) is 13.0 Å². The molecule has 0 unspecified atom stereocenters. The topological polar surface area (TPSA) is 40.0 Å². The van der Waals surface area contributed by atoms with Gasteiger partial charge >= 0.3 is 0 Å². The van der Waals surface area contributed by atoms with Gasteiger partial charge < -0.3 is 14.3 Å². The van der Waals surface area contributed by atoms with Gasteiger partial charge in [0.15, 0.2) is 11.5 Å². The predicted octanol–water partition coefficient (Wildman–Crippen LogP) is 3.63. The maximum absolute atomic E-state index is 5.31. The second kappa shape index (κ2) is 6.61. The Morgan fingerprint density at radius 3 is 2.81 bits per heavy atom. The molecule has 0 aliphatic carbocycles. The molecule has 0 saturated carbocycles. The fourth-order valence-corrected chi connectivity index (χ4v) is 1.94. The lowest BCUT2D eigenvalue weighted by molar-refractivity contribution is 0.132. The van der Waals surface area contributed by atoms with Gasteiger partial charge in [-0.2, -0.15) is 0 Å². The molecular weight excluding hydrogens is 266 g/mol. The van der Waals surface area contributed by atoms with Crippen LogP contribution in [0.1, 0.15) is 11.1 Å². The Hall–Kier alpha value is -2.75. The van der Waals surface area contributed by atoms with Crippen LogP contribution in [0.15, 0.2) is 59.8 Å². The molecule has 1 aliphatic heterocycles. The van der Waals surface area contributed by atoms with Gasteiger partial charge in [0, 0.05) is 0 Å². The number of hydrogen-bond donors (Lipinski definition) is 0. The van der Waals surface area contributed by atoms with Crippen molar-refractivity contribution in [2.75, 3.05) is 6.79 Å². The Labute approximate surface area is 123 Å². The average Bonchev–Trinajstić information content (AvgIpc) is 2.99. The largest absolute Gasteiger partial charge is 0.454 e. The van der Waals surface area contributed by atoms with Crippen molar-refractivity contribution in [3.8, 4) is 11.5 Å². The third-order valence-electron chi connectivity index (χ3n) is 2.98. The first kappa shape index (κ1) is 13.2. The number of hydrogen-bond acceptors (Lipinski definition) is 4. The van der Waals surface area contributed by atoms with Crippen molar-refractivity contribution < 1.29 is 14.3 Å². The van der Waals surface area contributed by atoms with Gasteiger partial charge in [-0.25, -0.2) is 0 Å². The molecule has 2 aromatic carbocycles. The number of fused-ring (bicyclic) bond motifs is 1. The first-order valence-corrected chi connectivity index (χ1v) is 6.67. The van der Waals surface area contributed by atoms with E-state index in [-0.39, 0.29) is 6.79 Å². The Kier molecular flexibility index (Phi) is 4.17. The number of ether oxygens (including phenoxy) is 2. The molecule has 0 fully saturated rings.